The third kappa shape index (κ3) is 7.08. The first-order valence-electron chi connectivity index (χ1n) is 10.7. The number of carbonyl (C=O) groups excluding carboxylic acids is 1. The fourth-order valence-electron chi connectivity index (χ4n) is 3.59. The van der Waals surface area contributed by atoms with Crippen LogP contribution in [0.5, 0.6) is 0 Å². The first kappa shape index (κ1) is 22.8. The van der Waals surface area contributed by atoms with E-state index >= 15 is 0 Å². The maximum Gasteiger partial charge on any atom is 0.234 e. The number of imidazole rings is 1. The van der Waals surface area contributed by atoms with Gasteiger partial charge in [0, 0.05) is 65.8 Å². The summed E-state index contributed by atoms with van der Waals surface area (Å²) < 4.78 is 7.11. The zero-order valence-electron chi connectivity index (χ0n) is 18.5. The van der Waals surface area contributed by atoms with Gasteiger partial charge in [-0.25, -0.2) is 4.98 Å². The van der Waals surface area contributed by atoms with Crippen molar-refractivity contribution in [2.75, 3.05) is 60.0 Å². The van der Waals surface area contributed by atoms with E-state index in [-0.39, 0.29) is 5.91 Å². The summed E-state index contributed by atoms with van der Waals surface area (Å²) in [6.45, 7) is 6.18. The lowest BCUT2D eigenvalue weighted by molar-refractivity contribution is -0.122. The Hall–Kier alpha value is -2.91. The number of nitrogens with zero attached hydrogens (tertiary/aromatic N) is 5. The summed E-state index contributed by atoms with van der Waals surface area (Å²) >= 11 is 0. The number of hydrogen-bond acceptors (Lipinski definition) is 5. The van der Waals surface area contributed by atoms with Crippen LogP contribution in [0, 0.1) is 0 Å². The van der Waals surface area contributed by atoms with Gasteiger partial charge in [0.05, 0.1) is 19.7 Å². The number of carbonyl (C=O) groups is 1. The van der Waals surface area contributed by atoms with Gasteiger partial charge in [0.1, 0.15) is 5.82 Å². The third-order valence-corrected chi connectivity index (χ3v) is 5.28. The molecule has 1 aromatic carbocycles. The van der Waals surface area contributed by atoms with Gasteiger partial charge in [-0.1, -0.05) is 30.3 Å². The summed E-state index contributed by atoms with van der Waals surface area (Å²) in [6, 6.07) is 10.4. The van der Waals surface area contributed by atoms with Crippen molar-refractivity contribution in [3.63, 3.8) is 0 Å². The zero-order valence-corrected chi connectivity index (χ0v) is 18.5. The second-order valence-electron chi connectivity index (χ2n) is 7.46. The lowest BCUT2D eigenvalue weighted by atomic mass is 10.2. The molecule has 1 aromatic heterocycles. The van der Waals surface area contributed by atoms with Crippen molar-refractivity contribution in [3.05, 3.63) is 54.1 Å². The van der Waals surface area contributed by atoms with Gasteiger partial charge >= 0.3 is 0 Å². The van der Waals surface area contributed by atoms with Crippen LogP contribution in [0.4, 0.5) is 0 Å². The fraction of sp³-hybridized carbons (Fsp3) is 0.500. The Morgan fingerprint density at radius 3 is 2.65 bits per heavy atom. The third-order valence-electron chi connectivity index (χ3n) is 5.28. The number of guanidine groups is 1. The highest BCUT2D eigenvalue weighted by Crippen LogP contribution is 2.07. The number of ether oxygens (including phenoxy) is 1. The van der Waals surface area contributed by atoms with Crippen LogP contribution in [-0.2, 0) is 22.6 Å². The van der Waals surface area contributed by atoms with Crippen molar-refractivity contribution >= 4 is 11.9 Å². The normalized spacial score (nSPS) is 15.2. The van der Waals surface area contributed by atoms with Crippen LogP contribution in [0.25, 0.3) is 0 Å². The van der Waals surface area contributed by atoms with Crippen LogP contribution in [0.1, 0.15) is 11.4 Å². The zero-order chi connectivity index (χ0) is 21.9. The molecular formula is C22H33N7O2. The number of rotatable bonds is 9. The van der Waals surface area contributed by atoms with Crippen LogP contribution >= 0.6 is 0 Å². The predicted molar refractivity (Wildman–Crippen MR) is 121 cm³/mol. The molecule has 1 aliphatic heterocycles. The summed E-state index contributed by atoms with van der Waals surface area (Å²) in [5.41, 5.74) is 1.24. The highest BCUT2D eigenvalue weighted by atomic mass is 16.5. The van der Waals surface area contributed by atoms with Gasteiger partial charge in [0.2, 0.25) is 5.91 Å². The van der Waals surface area contributed by atoms with Crippen molar-refractivity contribution in [2.24, 2.45) is 4.99 Å². The number of methoxy groups -OCH3 is 1. The van der Waals surface area contributed by atoms with Gasteiger partial charge in [-0.05, 0) is 5.56 Å². The Morgan fingerprint density at radius 2 is 1.94 bits per heavy atom. The largest absolute Gasteiger partial charge is 0.383 e. The van der Waals surface area contributed by atoms with Crippen LogP contribution in [0.3, 0.4) is 0 Å². The molecule has 0 unspecified atom stereocenters. The maximum absolute atomic E-state index is 12.0. The average Bonchev–Trinajstić information content (AvgIpc) is 3.23. The Morgan fingerprint density at radius 1 is 1.16 bits per heavy atom. The van der Waals surface area contributed by atoms with Gasteiger partial charge in [0.15, 0.2) is 5.96 Å². The molecule has 2 aromatic rings. The van der Waals surface area contributed by atoms with Crippen LogP contribution in [-0.4, -0.2) is 91.3 Å². The highest BCUT2D eigenvalue weighted by molar-refractivity contribution is 5.80. The van der Waals surface area contributed by atoms with E-state index in [4.69, 9.17) is 4.74 Å². The minimum atomic E-state index is 0.0401. The van der Waals surface area contributed by atoms with Gasteiger partial charge in [-0.2, -0.15) is 0 Å². The van der Waals surface area contributed by atoms with Crippen LogP contribution in [0.15, 0.2) is 47.7 Å². The Labute approximate surface area is 184 Å². The second kappa shape index (κ2) is 12.1. The van der Waals surface area contributed by atoms with E-state index in [1.165, 1.54) is 5.56 Å². The minimum absolute atomic E-state index is 0.0401. The second-order valence-corrected chi connectivity index (χ2v) is 7.46. The Bertz CT molecular complexity index is 829. The molecule has 2 heterocycles. The van der Waals surface area contributed by atoms with Crippen molar-refractivity contribution < 1.29 is 9.53 Å². The molecule has 0 radical (unpaired) electrons. The van der Waals surface area contributed by atoms with Crippen LogP contribution < -0.4 is 10.6 Å². The number of nitrogens with one attached hydrogen (secondary N) is 2. The van der Waals surface area contributed by atoms with Gasteiger partial charge in [-0.15, -0.1) is 0 Å². The van der Waals surface area contributed by atoms with E-state index in [1.54, 1.807) is 14.2 Å². The number of hydrogen-bond donors (Lipinski definition) is 2. The molecule has 0 bridgehead atoms. The molecule has 1 saturated heterocycles. The molecule has 168 valence electrons. The number of amides is 1. The number of aliphatic imine (C=N–C) groups is 1. The molecule has 2 N–H and O–H groups in total. The highest BCUT2D eigenvalue weighted by Gasteiger charge is 2.21. The Kier molecular flexibility index (Phi) is 8.86. The van der Waals surface area contributed by atoms with E-state index in [9.17, 15) is 4.79 Å². The quantitative estimate of drug-likeness (QED) is 0.342. The van der Waals surface area contributed by atoms with Gasteiger partial charge in [-0.3, -0.25) is 14.7 Å². The molecule has 0 atom stereocenters. The molecular weight excluding hydrogens is 394 g/mol. The molecule has 0 spiro atoms. The first-order valence-corrected chi connectivity index (χ1v) is 10.7. The predicted octanol–water partition coefficient (Wildman–Crippen LogP) is 0.387. The summed E-state index contributed by atoms with van der Waals surface area (Å²) in [7, 11) is 3.43. The SMILES string of the molecule is CN=C(NCc1nccn1Cc1ccccc1)N1CCN(CC(=O)NCCOC)CC1. The van der Waals surface area contributed by atoms with E-state index < -0.39 is 0 Å². The minimum Gasteiger partial charge on any atom is -0.383 e. The molecule has 0 aliphatic carbocycles. The van der Waals surface area contributed by atoms with E-state index in [1.807, 2.05) is 18.5 Å². The fourth-order valence-corrected chi connectivity index (χ4v) is 3.59. The smallest absolute Gasteiger partial charge is 0.234 e. The summed E-state index contributed by atoms with van der Waals surface area (Å²) in [6.07, 6.45) is 3.84. The topological polar surface area (TPSA) is 87.0 Å². The lowest BCUT2D eigenvalue weighted by Crippen LogP contribution is -2.54. The molecule has 0 saturated carbocycles. The van der Waals surface area contributed by atoms with Crippen molar-refractivity contribution in [3.8, 4) is 0 Å². The van der Waals surface area contributed by atoms with Crippen LogP contribution in [0.2, 0.25) is 0 Å². The Balaban J connectivity index is 1.45. The van der Waals surface area contributed by atoms with Crippen molar-refractivity contribution in [2.45, 2.75) is 13.1 Å². The summed E-state index contributed by atoms with van der Waals surface area (Å²) in [5.74, 6) is 1.87. The number of benzene rings is 1. The van der Waals surface area contributed by atoms with E-state index in [0.717, 1.165) is 44.5 Å². The van der Waals surface area contributed by atoms with E-state index in [2.05, 4.69) is 59.2 Å². The monoisotopic (exact) mass is 427 g/mol. The van der Waals surface area contributed by atoms with E-state index in [0.29, 0.717) is 26.2 Å². The van der Waals surface area contributed by atoms with Crippen molar-refractivity contribution in [1.82, 2.24) is 30.0 Å². The number of aromatic nitrogens is 2. The van der Waals surface area contributed by atoms with Gasteiger partial charge < -0.3 is 24.8 Å². The average molecular weight is 428 g/mol. The summed E-state index contributed by atoms with van der Waals surface area (Å²) in [5, 5.41) is 6.31. The molecule has 3 rings (SSSR count). The van der Waals surface area contributed by atoms with Gasteiger partial charge in [0.25, 0.3) is 0 Å². The first-order chi connectivity index (χ1) is 15.2. The molecule has 9 nitrogen and oxygen atoms in total. The maximum atomic E-state index is 12.0. The molecule has 1 fully saturated rings. The molecule has 1 aliphatic rings. The molecule has 31 heavy (non-hydrogen) atoms. The summed E-state index contributed by atoms with van der Waals surface area (Å²) in [4.78, 5) is 25.3. The van der Waals surface area contributed by atoms with Crippen molar-refractivity contribution in [1.29, 1.82) is 0 Å². The number of piperazine rings is 1. The molecule has 1 amide bonds. The standard InChI is InChI=1S/C22H33N7O2/c1-23-22(28-13-11-27(12-14-28)18-21(30)25-9-15-31-2)26-16-20-24-8-10-29(20)17-19-6-4-3-5-7-19/h3-8,10H,9,11-18H2,1-2H3,(H,23,26)(H,25,30). The lowest BCUT2D eigenvalue weighted by Gasteiger charge is -2.36. The molecule has 9 heteroatoms.